The zero-order valence-corrected chi connectivity index (χ0v) is 64.5. The summed E-state index contributed by atoms with van der Waals surface area (Å²) < 4.78 is 166. The van der Waals surface area contributed by atoms with E-state index < -0.39 is 93.8 Å². The molecule has 0 atom stereocenters. The summed E-state index contributed by atoms with van der Waals surface area (Å²) in [5.41, 5.74) is 4.33. The summed E-state index contributed by atoms with van der Waals surface area (Å²) in [6.45, 7) is 15.5. The fraction of sp³-hybridized carbons (Fsp3) is 0.515. The molecule has 0 bridgehead atoms. The quantitative estimate of drug-likeness (QED) is 0.0103. The molecule has 101 heavy (non-hydrogen) atoms. The van der Waals surface area contributed by atoms with Crippen molar-refractivity contribution in [3.8, 4) is 0 Å². The van der Waals surface area contributed by atoms with Crippen LogP contribution in [0.3, 0.4) is 0 Å². The van der Waals surface area contributed by atoms with Crippen molar-refractivity contribution in [3.05, 3.63) is 130 Å². The van der Waals surface area contributed by atoms with Crippen LogP contribution >= 0.6 is 0 Å². The Morgan fingerprint density at radius 1 is 0.436 bits per heavy atom. The molecule has 0 fully saturated rings. The van der Waals surface area contributed by atoms with E-state index in [0.29, 0.717) is 177 Å². The molecule has 0 saturated carbocycles. The van der Waals surface area contributed by atoms with Crippen molar-refractivity contribution in [1.82, 2.24) is 8.47 Å². The van der Waals surface area contributed by atoms with E-state index in [2.05, 4.69) is 98.6 Å². The third-order valence-corrected chi connectivity index (χ3v) is 41.5. The molecule has 1 spiro atoms. The van der Waals surface area contributed by atoms with Gasteiger partial charge in [0.1, 0.15) is 0 Å². The van der Waals surface area contributed by atoms with Crippen LogP contribution in [-0.4, -0.2) is 212 Å². The van der Waals surface area contributed by atoms with E-state index in [1.165, 1.54) is 0 Å². The van der Waals surface area contributed by atoms with Gasteiger partial charge in [-0.2, -0.15) is 0 Å². The Morgan fingerprint density at radius 2 is 0.762 bits per heavy atom. The minimum absolute atomic E-state index is 0.0135. The number of hydrogen-bond acceptors (Lipinski definition) is 15. The first kappa shape index (κ1) is 74.6. The van der Waals surface area contributed by atoms with Crippen LogP contribution in [0.4, 0.5) is 11.6 Å². The van der Waals surface area contributed by atoms with Gasteiger partial charge in [-0.05, 0) is 0 Å². The molecule has 0 unspecified atom stereocenters. The van der Waals surface area contributed by atoms with Gasteiger partial charge < -0.3 is 5.11 Å². The zero-order chi connectivity index (χ0) is 72.3. The molecule has 0 saturated heterocycles. The number of aliphatic carboxylic acids is 1. The van der Waals surface area contributed by atoms with Gasteiger partial charge in [0, 0.05) is 0 Å². The van der Waals surface area contributed by atoms with E-state index in [9.17, 15) is 70.0 Å². The fourth-order valence-electron chi connectivity index (χ4n) is 17.6. The van der Waals surface area contributed by atoms with Gasteiger partial charge >= 0.3 is 587 Å². The van der Waals surface area contributed by atoms with E-state index in [-0.39, 0.29) is 32.1 Å². The Labute approximate surface area is 593 Å². The Morgan fingerprint density at radius 3 is 1.12 bits per heavy atom. The summed E-state index contributed by atoms with van der Waals surface area (Å²) in [7, 11) is -31.6. The predicted molar refractivity (Wildman–Crippen MR) is 396 cm³/mol. The first-order valence-electron chi connectivity index (χ1n) is 35.5. The number of carbonyl (C=O) groups is 1. The van der Waals surface area contributed by atoms with Crippen molar-refractivity contribution in [3.63, 3.8) is 0 Å². The summed E-state index contributed by atoms with van der Waals surface area (Å²) >= 11 is 0. The van der Waals surface area contributed by atoms with Crippen LogP contribution in [0.2, 0.25) is 38.3 Å². The number of quaternary nitrogens is 2. The number of carboxylic acid groups (broad SMARTS) is 1. The van der Waals surface area contributed by atoms with Crippen LogP contribution < -0.4 is 11.0 Å². The van der Waals surface area contributed by atoms with E-state index in [1.54, 1.807) is 0 Å². The molecule has 4 aromatic carbocycles. The maximum absolute atomic E-state index is 12.2. The molecule has 5 N–H and O–H groups in total. The average molecular weight is 1520 g/mol. The van der Waals surface area contributed by atoms with Crippen molar-refractivity contribution < 1.29 is 87.5 Å². The summed E-state index contributed by atoms with van der Waals surface area (Å²) in [6, 6.07) is 33.6. The number of aromatic nitrogens is 2. The maximum atomic E-state index is 12.2. The number of amidine groups is 4. The van der Waals surface area contributed by atoms with Gasteiger partial charge in [-0.25, -0.2) is 0 Å². The zero-order valence-electron chi connectivity index (χ0n) is 58.3. The first-order valence-corrected chi connectivity index (χ1v) is 50.8. The molecule has 2 aromatic heterocycles. The van der Waals surface area contributed by atoms with Crippen LogP contribution in [0.5, 0.6) is 0 Å². The minimum atomic E-state index is -7.30. The van der Waals surface area contributed by atoms with Gasteiger partial charge in [0.15, 0.2) is 0 Å². The summed E-state index contributed by atoms with van der Waals surface area (Å²) in [6.07, 6.45) is 6.96. The van der Waals surface area contributed by atoms with Gasteiger partial charge in [-0.15, -0.1) is 0 Å². The van der Waals surface area contributed by atoms with E-state index in [4.69, 9.17) is 20.0 Å². The van der Waals surface area contributed by atoms with Crippen LogP contribution in [0.1, 0.15) is 132 Å². The average Bonchev–Trinajstić information content (AvgIpc) is 1.49. The molecule has 6 aliphatic heterocycles. The number of fused-ring (bicyclic) bond motifs is 12. The monoisotopic (exact) mass is 1520 g/mol. The Balaban J connectivity index is 1.10. The second-order valence-corrected chi connectivity index (χ2v) is 50.5. The Kier molecular flexibility index (Phi) is 20.2. The number of carboxylic acids is 1. The van der Waals surface area contributed by atoms with E-state index in [1.807, 2.05) is 48.5 Å². The van der Waals surface area contributed by atoms with Gasteiger partial charge in [0.05, 0.1) is 0 Å². The normalized spacial score (nSPS) is 17.6. The number of benzene rings is 4. The molecule has 548 valence electrons. The van der Waals surface area contributed by atoms with Gasteiger partial charge in [-0.3, -0.25) is 4.79 Å². The molecular weight excluding hydrogens is 1430 g/mol. The van der Waals surface area contributed by atoms with Crippen LogP contribution in [0.25, 0.3) is 21.5 Å². The molecule has 6 aromatic rings. The standard InChI is InChI=1S/C68H94N10O16S4Si3/c1-6-7-38-77(40-19-23-46-95(81,82)83,41-20-24-47-96(84,85)86)44-27-50-99(2,3)93-101(94-100(4,5)51-28-45-78(39-18-8-9-37-60(79)80,42-21-25-48-97(87,88)89)43-22-26-49-98(90,91)92)73-61-52-29-10-11-30-53(52)62(73)70-64-56-33-14-15-34-57(56)66(75(64)101)72-68-59-36-17-16-35-58(59)67(76(68)101)71-65-55-32-13-12-31-54(55)63(69-61)74(65)101/h10-17,29-36H,6-9,18-28,37-51H2,1-5H3,(H3-2,79,80,81,82,83,84,85,86,87,88,89,90,91,92)/p+2. The SMILES string of the molecule is CCCC[N+](CCCCS(=O)(=O)O)(CCCCS(=O)(=O)O)CCC[Si](C)(C)O[Si-2]123(O[Si](C)(C)CCC[N+](CCCCCC(=O)O)(CCCCS(=O)(=O)O)CCCCS(=O)(=O)O)n4c5c6ccccc6c4N=C4c6ccccc6C(=[N+]41)N=c1c4ccccc4c(n12)=NC1=[N+]3C(=N5)c2ccccc21. The van der Waals surface area contributed by atoms with Gasteiger partial charge in [0.2, 0.25) is 0 Å². The third-order valence-electron chi connectivity index (χ3n) is 21.6. The van der Waals surface area contributed by atoms with E-state index >= 15 is 0 Å². The summed E-state index contributed by atoms with van der Waals surface area (Å²) in [5, 5.41) is 12.9. The van der Waals surface area contributed by atoms with Crippen LogP contribution in [0, 0.1) is 0 Å². The predicted octanol–water partition coefficient (Wildman–Crippen LogP) is 9.30. The summed E-state index contributed by atoms with van der Waals surface area (Å²) in [4.78, 5) is 35.4. The van der Waals surface area contributed by atoms with Gasteiger partial charge in [0.25, 0.3) is 0 Å². The van der Waals surface area contributed by atoms with Crippen molar-refractivity contribution >= 4 is 127 Å². The first-order chi connectivity index (χ1) is 47.6. The number of aliphatic imine (C=N–C) groups is 2. The van der Waals surface area contributed by atoms with Crippen LogP contribution in [-0.2, 0) is 53.5 Å². The Hall–Kier alpha value is -6.16. The van der Waals surface area contributed by atoms with Crippen molar-refractivity contribution in [2.45, 2.75) is 148 Å². The van der Waals surface area contributed by atoms with Crippen LogP contribution in [0.15, 0.2) is 117 Å². The fourth-order valence-corrected chi connectivity index (χ4v) is 42.1. The topological polar surface area (TPSA) is 339 Å². The summed E-state index contributed by atoms with van der Waals surface area (Å²) in [5.74, 6) is 0.783. The molecule has 12 rings (SSSR count). The second-order valence-electron chi connectivity index (χ2n) is 29.9. The number of rotatable bonds is 41. The van der Waals surface area contributed by atoms with E-state index in [0.717, 1.165) is 56.6 Å². The number of unbranched alkanes of at least 4 members (excludes halogenated alkanes) is 7. The molecular formula is C68H96N10O16S4Si3+2. The molecule has 8 heterocycles. The van der Waals surface area contributed by atoms with Crippen molar-refractivity contribution in [2.24, 2.45) is 20.0 Å². The molecule has 0 aliphatic carbocycles. The second kappa shape index (κ2) is 27.4. The molecule has 6 aliphatic rings. The molecule has 0 radical (unpaired) electrons. The third kappa shape index (κ3) is 13.8. The molecule has 33 heteroatoms. The number of hydrogen-bond donors (Lipinski definition) is 5. The Bertz CT molecular complexity index is 4840. The van der Waals surface area contributed by atoms with Gasteiger partial charge in [-0.1, -0.05) is 0 Å². The molecule has 26 nitrogen and oxygen atoms in total. The molecule has 0 amide bonds. The number of nitrogens with zero attached hydrogens (tertiary/aromatic N) is 10. The van der Waals surface area contributed by atoms with Crippen molar-refractivity contribution in [1.29, 1.82) is 0 Å². The van der Waals surface area contributed by atoms with Crippen molar-refractivity contribution in [2.75, 3.05) is 75.4 Å².